The van der Waals surface area contributed by atoms with Gasteiger partial charge >= 0.3 is 0 Å². The first kappa shape index (κ1) is 22.7. The highest BCUT2D eigenvalue weighted by atomic mass is 16.5. The van der Waals surface area contributed by atoms with Gasteiger partial charge in [0, 0.05) is 59.3 Å². The van der Waals surface area contributed by atoms with E-state index in [-0.39, 0.29) is 5.96 Å². The predicted molar refractivity (Wildman–Crippen MR) is 111 cm³/mol. The normalized spacial score (nSPS) is 26.5. The average molecular weight is 396 g/mol. The van der Waals surface area contributed by atoms with Crippen molar-refractivity contribution >= 4 is 17.4 Å². The van der Waals surface area contributed by atoms with Crippen LogP contribution in [0.2, 0.25) is 0 Å². The second kappa shape index (κ2) is 7.37. The Hall–Kier alpha value is -1.55. The van der Waals surface area contributed by atoms with Crippen molar-refractivity contribution in [3.05, 3.63) is 0 Å². The van der Waals surface area contributed by atoms with E-state index in [0.717, 1.165) is 11.4 Å². The molecule has 0 unspecified atom stereocenters. The van der Waals surface area contributed by atoms with Gasteiger partial charge in [0.15, 0.2) is 0 Å². The second-order valence-corrected chi connectivity index (χ2v) is 10.5. The van der Waals surface area contributed by atoms with Gasteiger partial charge in [-0.25, -0.2) is 10.9 Å². The Morgan fingerprint density at radius 3 is 1.21 bits per heavy atom. The summed E-state index contributed by atoms with van der Waals surface area (Å²) in [5, 5.41) is 40.3. The lowest BCUT2D eigenvalue weighted by Gasteiger charge is -2.48. The Bertz CT molecular complexity index is 584. The van der Waals surface area contributed by atoms with Crippen molar-refractivity contribution in [3.8, 4) is 0 Å². The molecule has 2 rings (SSSR count). The van der Waals surface area contributed by atoms with Crippen LogP contribution in [0.15, 0.2) is 10.2 Å². The highest BCUT2D eigenvalue weighted by molar-refractivity contribution is 5.90. The van der Waals surface area contributed by atoms with Gasteiger partial charge in [0.05, 0.1) is 0 Å². The Kier molecular flexibility index (Phi) is 5.98. The van der Waals surface area contributed by atoms with Gasteiger partial charge in [-0.05, 0) is 55.4 Å². The van der Waals surface area contributed by atoms with Crippen LogP contribution in [0.1, 0.15) is 81.1 Å². The first-order chi connectivity index (χ1) is 12.6. The molecule has 0 aromatic heterocycles. The van der Waals surface area contributed by atoms with E-state index in [1.807, 2.05) is 55.4 Å². The molecule has 2 heterocycles. The molecule has 2 saturated heterocycles. The lowest BCUT2D eigenvalue weighted by atomic mass is 9.81. The van der Waals surface area contributed by atoms with Crippen molar-refractivity contribution < 1.29 is 10.4 Å². The first-order valence-corrected chi connectivity index (χ1v) is 9.77. The zero-order chi connectivity index (χ0) is 21.5. The van der Waals surface area contributed by atoms with Crippen LogP contribution in [-0.2, 0) is 0 Å². The molecule has 9 nitrogen and oxygen atoms in total. The lowest BCUT2D eigenvalue weighted by molar-refractivity contribution is -0.226. The number of hydrogen-bond acceptors (Lipinski definition) is 7. The van der Waals surface area contributed by atoms with E-state index in [0.29, 0.717) is 25.7 Å². The summed E-state index contributed by atoms with van der Waals surface area (Å²) in [6.07, 6.45) is 2.43. The van der Waals surface area contributed by atoms with Gasteiger partial charge in [-0.3, -0.25) is 5.41 Å². The number of rotatable bonds is 2. The van der Waals surface area contributed by atoms with Crippen LogP contribution in [-0.4, -0.2) is 60.1 Å². The van der Waals surface area contributed by atoms with E-state index >= 15 is 0 Å². The topological polar surface area (TPSA) is 120 Å². The molecule has 160 valence electrons. The smallest absolute Gasteiger partial charge is 0.230 e. The maximum Gasteiger partial charge on any atom is 0.230 e. The van der Waals surface area contributed by atoms with Crippen molar-refractivity contribution in [3.63, 3.8) is 0 Å². The summed E-state index contributed by atoms with van der Waals surface area (Å²) in [6.45, 7) is 15.7. The fourth-order valence-electron chi connectivity index (χ4n) is 4.51. The summed E-state index contributed by atoms with van der Waals surface area (Å²) >= 11 is 0. The molecule has 2 aliphatic heterocycles. The number of hydrogen-bond donors (Lipinski definition) is 5. The Labute approximate surface area is 168 Å². The molecule has 28 heavy (non-hydrogen) atoms. The zero-order valence-corrected chi connectivity index (χ0v) is 18.5. The van der Waals surface area contributed by atoms with E-state index in [2.05, 4.69) is 21.1 Å². The number of nitrogens with zero attached hydrogens (tertiary/aromatic N) is 4. The van der Waals surface area contributed by atoms with Crippen molar-refractivity contribution in [1.82, 2.24) is 21.0 Å². The molecule has 0 aromatic carbocycles. The van der Waals surface area contributed by atoms with Gasteiger partial charge in [-0.1, -0.05) is 0 Å². The largest absolute Gasteiger partial charge is 0.313 e. The molecule has 5 N–H and O–H groups in total. The summed E-state index contributed by atoms with van der Waals surface area (Å²) in [5.74, 6) is -0.0101. The van der Waals surface area contributed by atoms with Gasteiger partial charge in [-0.2, -0.15) is 20.3 Å². The minimum atomic E-state index is -0.423. The summed E-state index contributed by atoms with van der Waals surface area (Å²) in [7, 11) is 0. The van der Waals surface area contributed by atoms with E-state index in [1.165, 1.54) is 10.1 Å². The predicted octanol–water partition coefficient (Wildman–Crippen LogP) is 2.90. The molecule has 0 radical (unpaired) electrons. The highest BCUT2D eigenvalue weighted by Crippen LogP contribution is 2.36. The number of guanidine groups is 1. The molecular formula is C19H37N7O2. The van der Waals surface area contributed by atoms with E-state index in [9.17, 15) is 10.4 Å². The van der Waals surface area contributed by atoms with E-state index in [4.69, 9.17) is 5.41 Å². The van der Waals surface area contributed by atoms with Gasteiger partial charge in [0.1, 0.15) is 0 Å². The van der Waals surface area contributed by atoms with Crippen LogP contribution >= 0.6 is 0 Å². The first-order valence-electron chi connectivity index (χ1n) is 9.77. The summed E-state index contributed by atoms with van der Waals surface area (Å²) in [6, 6.07) is 0. The third-order valence-electron chi connectivity index (χ3n) is 5.49. The molecule has 0 saturated carbocycles. The maximum absolute atomic E-state index is 10.4. The number of nitrogens with one attached hydrogen (secondary N) is 3. The van der Waals surface area contributed by atoms with Crippen LogP contribution in [0.3, 0.4) is 0 Å². The lowest BCUT2D eigenvalue weighted by Crippen LogP contribution is -2.59. The fraction of sp³-hybridized carbons (Fsp3) is 0.842. The Morgan fingerprint density at radius 2 is 0.964 bits per heavy atom. The molecule has 2 fully saturated rings. The van der Waals surface area contributed by atoms with Gasteiger partial charge in [0.25, 0.3) is 0 Å². The minimum absolute atomic E-state index is 0.0101. The monoisotopic (exact) mass is 395 g/mol. The van der Waals surface area contributed by atoms with Crippen molar-refractivity contribution in [1.29, 1.82) is 5.41 Å². The van der Waals surface area contributed by atoms with Crippen LogP contribution in [0.25, 0.3) is 0 Å². The molecular weight excluding hydrogens is 358 g/mol. The fourth-order valence-corrected chi connectivity index (χ4v) is 4.51. The number of hydrazone groups is 2. The van der Waals surface area contributed by atoms with Crippen molar-refractivity contribution in [2.75, 3.05) is 0 Å². The standard InChI is InChI=1S/C19H37N7O2/c1-16(2)9-13(10-17(3,4)25(16)27)21-23-15(20)24-22-14-11-18(5,6)26(28)19(7,8)12-14/h27-28H,9-12H2,1-8H3,(H3,20,23,24). The van der Waals surface area contributed by atoms with Crippen LogP contribution in [0.5, 0.6) is 0 Å². The molecule has 0 bridgehead atoms. The van der Waals surface area contributed by atoms with Crippen LogP contribution < -0.4 is 10.9 Å². The van der Waals surface area contributed by atoms with E-state index < -0.39 is 22.2 Å². The van der Waals surface area contributed by atoms with Crippen molar-refractivity contribution in [2.24, 2.45) is 10.2 Å². The van der Waals surface area contributed by atoms with E-state index in [1.54, 1.807) is 0 Å². The molecule has 0 atom stereocenters. The van der Waals surface area contributed by atoms with Crippen molar-refractivity contribution in [2.45, 2.75) is 103 Å². The third kappa shape index (κ3) is 4.89. The third-order valence-corrected chi connectivity index (χ3v) is 5.49. The van der Waals surface area contributed by atoms with Gasteiger partial charge < -0.3 is 10.4 Å². The molecule has 2 aliphatic rings. The molecule has 0 aliphatic carbocycles. The SMILES string of the molecule is CC1(C)CC(=NNC(=N)NN=C2CC(C)(C)N(O)C(C)(C)C2)CC(C)(C)N1O. The molecule has 0 aromatic rings. The number of hydroxylamine groups is 4. The highest BCUT2D eigenvalue weighted by Gasteiger charge is 2.44. The van der Waals surface area contributed by atoms with Crippen LogP contribution in [0.4, 0.5) is 0 Å². The summed E-state index contributed by atoms with van der Waals surface area (Å²) in [4.78, 5) is 0. The minimum Gasteiger partial charge on any atom is -0.313 e. The average Bonchev–Trinajstić information content (AvgIpc) is 2.52. The number of piperidine rings is 2. The molecule has 0 amide bonds. The second-order valence-electron chi connectivity index (χ2n) is 10.5. The quantitative estimate of drug-likeness (QED) is 0.279. The summed E-state index contributed by atoms with van der Waals surface area (Å²) < 4.78 is 0. The van der Waals surface area contributed by atoms with Crippen LogP contribution in [0, 0.1) is 5.41 Å². The molecule has 0 spiro atoms. The Balaban J connectivity index is 1.99. The summed E-state index contributed by atoms with van der Waals surface area (Å²) in [5.41, 5.74) is 5.56. The van der Waals surface area contributed by atoms with Gasteiger partial charge in [0.2, 0.25) is 5.96 Å². The van der Waals surface area contributed by atoms with Gasteiger partial charge in [-0.15, -0.1) is 0 Å². The maximum atomic E-state index is 10.4. The zero-order valence-electron chi connectivity index (χ0n) is 18.5. The Morgan fingerprint density at radius 1 is 0.714 bits per heavy atom. The molecule has 9 heteroatoms.